The molecule has 1 amide bonds. The lowest BCUT2D eigenvalue weighted by molar-refractivity contribution is -0.119. The number of benzene rings is 1. The topological polar surface area (TPSA) is 72.5 Å². The zero-order valence-electron chi connectivity index (χ0n) is 14.8. The van der Waals surface area contributed by atoms with Crippen LogP contribution < -0.4 is 5.32 Å². The first-order chi connectivity index (χ1) is 12.4. The first kappa shape index (κ1) is 18.3. The lowest BCUT2D eigenvalue weighted by atomic mass is 9.88. The molecular weight excluding hydrogens is 350 g/mol. The van der Waals surface area contributed by atoms with E-state index in [9.17, 15) is 14.4 Å². The SMILES string of the molecule is CC(=O)c1ccc(NC(=O)COC(=O)c2csc3c2CCC(C)C3)cc1. The molecule has 1 aliphatic carbocycles. The smallest absolute Gasteiger partial charge is 0.339 e. The van der Waals surface area contributed by atoms with Gasteiger partial charge in [0.1, 0.15) is 0 Å². The number of carbonyl (C=O) groups excluding carboxylic acids is 3. The predicted molar refractivity (Wildman–Crippen MR) is 101 cm³/mol. The molecule has 0 bridgehead atoms. The van der Waals surface area contributed by atoms with Gasteiger partial charge in [0.05, 0.1) is 5.56 Å². The Labute approximate surface area is 156 Å². The molecule has 0 fully saturated rings. The Morgan fingerprint density at radius 3 is 2.65 bits per heavy atom. The maximum Gasteiger partial charge on any atom is 0.339 e. The monoisotopic (exact) mass is 371 g/mol. The van der Waals surface area contributed by atoms with Gasteiger partial charge in [-0.3, -0.25) is 9.59 Å². The molecular formula is C20H21NO4S. The zero-order chi connectivity index (χ0) is 18.7. The Morgan fingerprint density at radius 2 is 1.96 bits per heavy atom. The van der Waals surface area contributed by atoms with Gasteiger partial charge in [-0.05, 0) is 61.9 Å². The average molecular weight is 371 g/mol. The average Bonchev–Trinajstić information content (AvgIpc) is 3.03. The van der Waals surface area contributed by atoms with Crippen LogP contribution in [0.5, 0.6) is 0 Å². The Balaban J connectivity index is 1.54. The van der Waals surface area contributed by atoms with Gasteiger partial charge in [0.2, 0.25) is 0 Å². The number of ether oxygens (including phenoxy) is 1. The normalized spacial score (nSPS) is 15.8. The summed E-state index contributed by atoms with van der Waals surface area (Å²) in [4.78, 5) is 36.8. The molecule has 0 saturated carbocycles. The largest absolute Gasteiger partial charge is 0.452 e. The molecule has 2 aromatic rings. The lowest BCUT2D eigenvalue weighted by Crippen LogP contribution is -2.21. The minimum absolute atomic E-state index is 0.0368. The Hall–Kier alpha value is -2.47. The number of Topliss-reactive ketones (excluding diaryl/α,β-unsaturated/α-hetero) is 1. The first-order valence-corrected chi connectivity index (χ1v) is 9.49. The number of anilines is 1. The van der Waals surface area contributed by atoms with Gasteiger partial charge in [0.25, 0.3) is 5.91 Å². The highest BCUT2D eigenvalue weighted by Gasteiger charge is 2.24. The molecule has 5 nitrogen and oxygen atoms in total. The van der Waals surface area contributed by atoms with Crippen molar-refractivity contribution in [2.45, 2.75) is 33.1 Å². The third-order valence-electron chi connectivity index (χ3n) is 4.53. The van der Waals surface area contributed by atoms with Crippen LogP contribution in [-0.2, 0) is 22.4 Å². The molecule has 0 aliphatic heterocycles. The van der Waals surface area contributed by atoms with Gasteiger partial charge in [0, 0.05) is 21.5 Å². The Bertz CT molecular complexity index is 838. The van der Waals surface area contributed by atoms with Crippen molar-refractivity contribution in [3.8, 4) is 0 Å². The second kappa shape index (κ2) is 7.83. The summed E-state index contributed by atoms with van der Waals surface area (Å²) >= 11 is 1.60. The summed E-state index contributed by atoms with van der Waals surface area (Å²) in [6.45, 7) is 3.36. The van der Waals surface area contributed by atoms with Crippen LogP contribution in [0.2, 0.25) is 0 Å². The second-order valence-electron chi connectivity index (χ2n) is 6.66. The van der Waals surface area contributed by atoms with Gasteiger partial charge in [-0.2, -0.15) is 0 Å². The molecule has 1 N–H and O–H groups in total. The van der Waals surface area contributed by atoms with Crippen molar-refractivity contribution >= 4 is 34.7 Å². The fraction of sp³-hybridized carbons (Fsp3) is 0.350. The number of nitrogens with one attached hydrogen (secondary N) is 1. The second-order valence-corrected chi connectivity index (χ2v) is 7.62. The number of ketones is 1. The van der Waals surface area contributed by atoms with Gasteiger partial charge < -0.3 is 10.1 Å². The first-order valence-electron chi connectivity index (χ1n) is 8.61. The third-order valence-corrected chi connectivity index (χ3v) is 5.58. The summed E-state index contributed by atoms with van der Waals surface area (Å²) in [5, 5.41) is 4.49. The van der Waals surface area contributed by atoms with E-state index >= 15 is 0 Å². The van der Waals surface area contributed by atoms with Gasteiger partial charge >= 0.3 is 5.97 Å². The van der Waals surface area contributed by atoms with Crippen LogP contribution in [0.4, 0.5) is 5.69 Å². The predicted octanol–water partition coefficient (Wildman–Crippen LogP) is 3.87. The summed E-state index contributed by atoms with van der Waals surface area (Å²) in [5.74, 6) is -0.249. The van der Waals surface area contributed by atoms with Crippen LogP contribution in [-0.4, -0.2) is 24.3 Å². The number of rotatable bonds is 5. The van der Waals surface area contributed by atoms with E-state index in [-0.39, 0.29) is 12.4 Å². The summed E-state index contributed by atoms with van der Waals surface area (Å²) in [6, 6.07) is 6.57. The number of amides is 1. The van der Waals surface area contributed by atoms with Gasteiger partial charge in [-0.1, -0.05) is 6.92 Å². The highest BCUT2D eigenvalue weighted by Crippen LogP contribution is 2.33. The van der Waals surface area contributed by atoms with Crippen LogP contribution >= 0.6 is 11.3 Å². The van der Waals surface area contributed by atoms with Crippen LogP contribution in [0.25, 0.3) is 0 Å². The number of hydrogen-bond acceptors (Lipinski definition) is 5. The minimum atomic E-state index is -0.445. The van der Waals surface area contributed by atoms with Gasteiger partial charge in [-0.25, -0.2) is 4.79 Å². The standard InChI is InChI=1S/C20H21NO4S/c1-12-3-8-16-17(11-26-18(16)9-12)20(24)25-10-19(23)21-15-6-4-14(5-7-15)13(2)22/h4-7,11-12H,3,8-10H2,1-2H3,(H,21,23). The number of thiophene rings is 1. The molecule has 136 valence electrons. The van der Waals surface area contributed by atoms with Crippen LogP contribution in [0.3, 0.4) is 0 Å². The molecule has 1 aromatic heterocycles. The van der Waals surface area contributed by atoms with Crippen molar-refractivity contribution < 1.29 is 19.1 Å². The van der Waals surface area contributed by atoms with Crippen molar-refractivity contribution in [1.82, 2.24) is 0 Å². The van der Waals surface area contributed by atoms with E-state index in [0.29, 0.717) is 22.7 Å². The van der Waals surface area contributed by atoms with Crippen molar-refractivity contribution in [2.24, 2.45) is 5.92 Å². The molecule has 0 saturated heterocycles. The van der Waals surface area contributed by atoms with E-state index in [1.165, 1.54) is 11.8 Å². The molecule has 3 rings (SSSR count). The Morgan fingerprint density at radius 1 is 1.23 bits per heavy atom. The maximum atomic E-state index is 12.3. The molecule has 6 heteroatoms. The van der Waals surface area contributed by atoms with E-state index in [1.807, 2.05) is 5.38 Å². The van der Waals surface area contributed by atoms with E-state index in [1.54, 1.807) is 35.6 Å². The molecule has 1 atom stereocenters. The quantitative estimate of drug-likeness (QED) is 0.640. The molecule has 26 heavy (non-hydrogen) atoms. The van der Waals surface area contributed by atoms with Crippen molar-refractivity contribution in [1.29, 1.82) is 0 Å². The van der Waals surface area contributed by atoms with Crippen LogP contribution in [0.1, 0.15) is 51.4 Å². The third kappa shape index (κ3) is 4.19. The van der Waals surface area contributed by atoms with E-state index in [0.717, 1.165) is 24.8 Å². The van der Waals surface area contributed by atoms with Crippen molar-refractivity contribution in [3.05, 3.63) is 51.2 Å². The van der Waals surface area contributed by atoms with Crippen LogP contribution in [0, 0.1) is 5.92 Å². The fourth-order valence-corrected chi connectivity index (χ4v) is 4.28. The highest BCUT2D eigenvalue weighted by atomic mass is 32.1. The molecule has 1 aliphatic rings. The van der Waals surface area contributed by atoms with Gasteiger partial charge in [-0.15, -0.1) is 11.3 Å². The number of hydrogen-bond donors (Lipinski definition) is 1. The summed E-state index contributed by atoms with van der Waals surface area (Å²) in [7, 11) is 0. The minimum Gasteiger partial charge on any atom is -0.452 e. The molecule has 0 radical (unpaired) electrons. The van der Waals surface area contributed by atoms with Crippen molar-refractivity contribution in [2.75, 3.05) is 11.9 Å². The summed E-state index contributed by atoms with van der Waals surface area (Å²) < 4.78 is 5.18. The lowest BCUT2D eigenvalue weighted by Gasteiger charge is -2.18. The van der Waals surface area contributed by atoms with Crippen molar-refractivity contribution in [3.63, 3.8) is 0 Å². The zero-order valence-corrected chi connectivity index (χ0v) is 15.7. The number of esters is 1. The molecule has 1 unspecified atom stereocenters. The summed E-state index contributed by atoms with van der Waals surface area (Å²) in [6.07, 6.45) is 2.96. The highest BCUT2D eigenvalue weighted by molar-refractivity contribution is 7.10. The van der Waals surface area contributed by atoms with E-state index < -0.39 is 11.9 Å². The maximum absolute atomic E-state index is 12.3. The number of fused-ring (bicyclic) bond motifs is 1. The summed E-state index contributed by atoms with van der Waals surface area (Å²) in [5.41, 5.74) is 2.80. The van der Waals surface area contributed by atoms with Gasteiger partial charge in [0.15, 0.2) is 12.4 Å². The molecule has 1 heterocycles. The van der Waals surface area contributed by atoms with Crippen LogP contribution in [0.15, 0.2) is 29.6 Å². The molecule has 0 spiro atoms. The van der Waals surface area contributed by atoms with E-state index in [4.69, 9.17) is 4.74 Å². The van der Waals surface area contributed by atoms with E-state index in [2.05, 4.69) is 12.2 Å². The molecule has 1 aromatic carbocycles. The fourth-order valence-electron chi connectivity index (χ4n) is 3.04. The Kier molecular flexibility index (Phi) is 5.52. The number of carbonyl (C=O) groups is 3.